The molecule has 0 heterocycles. The molecule has 204 valence electrons. The van der Waals surface area contributed by atoms with E-state index < -0.39 is 6.11 Å². The fourth-order valence-electron chi connectivity index (χ4n) is 6.64. The van der Waals surface area contributed by atoms with Gasteiger partial charge in [0.2, 0.25) is 0 Å². The van der Waals surface area contributed by atoms with Crippen molar-refractivity contribution >= 4 is 0 Å². The van der Waals surface area contributed by atoms with E-state index in [9.17, 15) is 8.78 Å². The van der Waals surface area contributed by atoms with Crippen LogP contribution in [-0.2, 0) is 17.8 Å². The molecule has 0 radical (unpaired) electrons. The molecule has 0 amide bonds. The van der Waals surface area contributed by atoms with Gasteiger partial charge in [-0.3, -0.25) is 0 Å². The van der Waals surface area contributed by atoms with Crippen molar-refractivity contribution in [2.24, 2.45) is 11.8 Å². The third kappa shape index (κ3) is 8.63. The number of alkyl halides is 2. The van der Waals surface area contributed by atoms with Crippen molar-refractivity contribution in [1.82, 2.24) is 0 Å². The number of unbranched alkanes of at least 4 members (excludes halogenated alkanes) is 2. The Labute approximate surface area is 224 Å². The molecule has 2 aromatic carbocycles. The van der Waals surface area contributed by atoms with Crippen LogP contribution in [0.25, 0.3) is 0 Å². The van der Waals surface area contributed by atoms with Crippen molar-refractivity contribution in [3.8, 4) is 0 Å². The van der Waals surface area contributed by atoms with E-state index in [1.165, 1.54) is 94.6 Å². The Morgan fingerprint density at radius 3 is 1.70 bits per heavy atom. The maximum absolute atomic E-state index is 14.6. The molecule has 37 heavy (non-hydrogen) atoms. The molecule has 0 bridgehead atoms. The van der Waals surface area contributed by atoms with Gasteiger partial charge < -0.3 is 4.74 Å². The minimum Gasteiger partial charge on any atom is -0.315 e. The van der Waals surface area contributed by atoms with Crippen molar-refractivity contribution in [2.75, 3.05) is 0 Å². The highest BCUT2D eigenvalue weighted by atomic mass is 19.3. The van der Waals surface area contributed by atoms with Crippen molar-refractivity contribution in [3.05, 3.63) is 70.8 Å². The first-order valence-electron chi connectivity index (χ1n) is 15.1. The summed E-state index contributed by atoms with van der Waals surface area (Å²) < 4.78 is 34.4. The first-order chi connectivity index (χ1) is 18.0. The fourth-order valence-corrected chi connectivity index (χ4v) is 6.64. The zero-order chi connectivity index (χ0) is 26.1. The highest BCUT2D eigenvalue weighted by Crippen LogP contribution is 2.39. The second-order valence-electron chi connectivity index (χ2n) is 11.9. The summed E-state index contributed by atoms with van der Waals surface area (Å²) in [4.78, 5) is 0. The Balaban J connectivity index is 1.21. The molecule has 2 saturated carbocycles. The van der Waals surface area contributed by atoms with E-state index in [-0.39, 0.29) is 13.0 Å². The van der Waals surface area contributed by atoms with Crippen LogP contribution in [0.3, 0.4) is 0 Å². The Morgan fingerprint density at radius 2 is 1.19 bits per heavy atom. The molecule has 2 fully saturated rings. The van der Waals surface area contributed by atoms with E-state index in [1.54, 1.807) is 0 Å². The largest absolute Gasteiger partial charge is 0.360 e. The molecule has 4 rings (SSSR count). The van der Waals surface area contributed by atoms with Crippen LogP contribution in [0.1, 0.15) is 131 Å². The molecule has 2 aliphatic rings. The summed E-state index contributed by atoms with van der Waals surface area (Å²) in [6.45, 7) is 4.49. The highest BCUT2D eigenvalue weighted by Gasteiger charge is 2.31. The van der Waals surface area contributed by atoms with Crippen molar-refractivity contribution < 1.29 is 13.5 Å². The van der Waals surface area contributed by atoms with Crippen LogP contribution in [0.4, 0.5) is 8.78 Å². The van der Waals surface area contributed by atoms with Crippen molar-refractivity contribution in [2.45, 2.75) is 128 Å². The van der Waals surface area contributed by atoms with Crippen LogP contribution in [0, 0.1) is 11.8 Å². The van der Waals surface area contributed by atoms with E-state index in [4.69, 9.17) is 4.74 Å². The molecule has 0 aromatic heterocycles. The van der Waals surface area contributed by atoms with Crippen LogP contribution in [0.15, 0.2) is 48.5 Å². The van der Waals surface area contributed by atoms with Gasteiger partial charge in [0.15, 0.2) is 0 Å². The third-order valence-electron chi connectivity index (χ3n) is 9.25. The van der Waals surface area contributed by atoms with E-state index >= 15 is 0 Å². The summed E-state index contributed by atoms with van der Waals surface area (Å²) in [5.74, 6) is 2.96. The number of halogens is 2. The van der Waals surface area contributed by atoms with E-state index in [0.717, 1.165) is 17.4 Å². The van der Waals surface area contributed by atoms with E-state index in [2.05, 4.69) is 38.1 Å². The standard InChI is InChI=1S/C34H48F2O/c1-3-5-6-7-27-10-18-31(19-11-27)32-20-12-28(13-21-32)24-34(35,36)37-25-29-14-22-33(23-15-29)30-16-8-26(4-2)9-17-30/h12-15,20-23,26-27,30-31H,3-11,16-19,24-25H2,1-2H3. The first-order valence-corrected chi connectivity index (χ1v) is 15.1. The summed E-state index contributed by atoms with van der Waals surface area (Å²) in [6, 6.07) is 16.1. The third-order valence-corrected chi connectivity index (χ3v) is 9.25. The number of hydrogen-bond donors (Lipinski definition) is 0. The normalized spacial score (nSPS) is 24.8. The Bertz CT molecular complexity index is 904. The maximum Gasteiger partial charge on any atom is 0.360 e. The number of ether oxygens (including phenoxy) is 1. The SMILES string of the molecule is CCCCCC1CCC(c2ccc(CC(F)(F)OCc3ccc(C4CCC(CC)CC4)cc3)cc2)CC1. The molecule has 0 N–H and O–H groups in total. The Morgan fingerprint density at radius 1 is 0.676 bits per heavy atom. The molecule has 3 heteroatoms. The molecule has 2 aromatic rings. The van der Waals surface area contributed by atoms with E-state index in [0.29, 0.717) is 17.4 Å². The number of hydrogen-bond acceptors (Lipinski definition) is 1. The van der Waals surface area contributed by atoms with Crippen LogP contribution < -0.4 is 0 Å². The van der Waals surface area contributed by atoms with Gasteiger partial charge in [-0.15, -0.1) is 0 Å². The average molecular weight is 511 g/mol. The van der Waals surface area contributed by atoms with Gasteiger partial charge in [0.25, 0.3) is 0 Å². The molecule has 0 saturated heterocycles. The quantitative estimate of drug-likeness (QED) is 0.258. The van der Waals surface area contributed by atoms with Gasteiger partial charge in [-0.25, -0.2) is 0 Å². The van der Waals surface area contributed by atoms with Gasteiger partial charge in [0, 0.05) is 0 Å². The summed E-state index contributed by atoms with van der Waals surface area (Å²) >= 11 is 0. The lowest BCUT2D eigenvalue weighted by Crippen LogP contribution is -2.23. The van der Waals surface area contributed by atoms with Crippen LogP contribution in [0.5, 0.6) is 0 Å². The second kappa shape index (κ2) is 13.9. The fraction of sp³-hybridized carbons (Fsp3) is 0.647. The minimum absolute atomic E-state index is 0.0601. The van der Waals surface area contributed by atoms with Gasteiger partial charge in [0.1, 0.15) is 0 Å². The lowest BCUT2D eigenvalue weighted by molar-refractivity contribution is -0.244. The summed E-state index contributed by atoms with van der Waals surface area (Å²) in [6.07, 6.45) is 13.3. The number of benzene rings is 2. The highest BCUT2D eigenvalue weighted by molar-refractivity contribution is 5.27. The lowest BCUT2D eigenvalue weighted by atomic mass is 9.77. The van der Waals surface area contributed by atoms with Gasteiger partial charge in [-0.05, 0) is 97.3 Å². The monoisotopic (exact) mass is 510 g/mol. The van der Waals surface area contributed by atoms with Gasteiger partial charge in [-0.2, -0.15) is 8.78 Å². The molecule has 1 nitrogen and oxygen atoms in total. The topological polar surface area (TPSA) is 9.23 Å². The number of rotatable bonds is 12. The molecular formula is C34H48F2O. The molecule has 0 atom stereocenters. The van der Waals surface area contributed by atoms with Crippen LogP contribution in [0.2, 0.25) is 0 Å². The van der Waals surface area contributed by atoms with Crippen molar-refractivity contribution in [3.63, 3.8) is 0 Å². The van der Waals surface area contributed by atoms with Crippen molar-refractivity contribution in [1.29, 1.82) is 0 Å². The van der Waals surface area contributed by atoms with Crippen LogP contribution >= 0.6 is 0 Å². The minimum atomic E-state index is -3.17. The summed E-state index contributed by atoms with van der Waals surface area (Å²) in [5.41, 5.74) is 4.10. The lowest BCUT2D eigenvalue weighted by Gasteiger charge is -2.29. The summed E-state index contributed by atoms with van der Waals surface area (Å²) in [7, 11) is 0. The zero-order valence-corrected chi connectivity index (χ0v) is 23.2. The molecule has 0 aliphatic heterocycles. The second-order valence-corrected chi connectivity index (χ2v) is 11.9. The zero-order valence-electron chi connectivity index (χ0n) is 23.2. The molecular weight excluding hydrogens is 462 g/mol. The maximum atomic E-state index is 14.6. The van der Waals surface area contributed by atoms with E-state index in [1.807, 2.05) is 24.3 Å². The van der Waals surface area contributed by atoms with Crippen LogP contribution in [-0.4, -0.2) is 6.11 Å². The Kier molecular flexibility index (Phi) is 10.6. The van der Waals surface area contributed by atoms with Gasteiger partial charge >= 0.3 is 6.11 Å². The average Bonchev–Trinajstić information content (AvgIpc) is 2.93. The van der Waals surface area contributed by atoms with Gasteiger partial charge in [0.05, 0.1) is 13.0 Å². The first kappa shape index (κ1) is 28.3. The smallest absolute Gasteiger partial charge is 0.315 e. The van der Waals surface area contributed by atoms with Gasteiger partial charge in [-0.1, -0.05) is 94.5 Å². The molecule has 2 aliphatic carbocycles. The molecule has 0 unspecified atom stereocenters. The molecule has 0 spiro atoms. The predicted octanol–water partition coefficient (Wildman–Crippen LogP) is 10.6. The Hall–Kier alpha value is -1.74. The predicted molar refractivity (Wildman–Crippen MR) is 150 cm³/mol. The summed E-state index contributed by atoms with van der Waals surface area (Å²) in [5, 5.41) is 0.